The molecule has 5 nitrogen and oxygen atoms in total. The van der Waals surface area contributed by atoms with Crippen LogP contribution >= 0.6 is 0 Å². The summed E-state index contributed by atoms with van der Waals surface area (Å²) in [4.78, 5) is 0. The van der Waals surface area contributed by atoms with Gasteiger partial charge in [-0.25, -0.2) is 4.39 Å². The summed E-state index contributed by atoms with van der Waals surface area (Å²) in [6.45, 7) is 1.60. The number of para-hydroxylation sites is 1. The molecule has 0 amide bonds. The van der Waals surface area contributed by atoms with Crippen molar-refractivity contribution in [3.8, 4) is 17.0 Å². The fourth-order valence-corrected chi connectivity index (χ4v) is 3.10. The minimum atomic E-state index is -4.11. The van der Waals surface area contributed by atoms with Gasteiger partial charge in [0.05, 0.1) is 11.4 Å². The van der Waals surface area contributed by atoms with Crippen molar-refractivity contribution in [2.24, 2.45) is 0 Å². The molecule has 0 radical (unpaired) electrons. The molecule has 0 aliphatic carbocycles. The Kier molecular flexibility index (Phi) is 3.87. The van der Waals surface area contributed by atoms with Gasteiger partial charge in [0.2, 0.25) is 0 Å². The van der Waals surface area contributed by atoms with E-state index in [-0.39, 0.29) is 11.6 Å². The molecule has 1 aromatic heterocycles. The number of aromatic nitrogens is 2. The molecule has 3 rings (SSSR count). The summed E-state index contributed by atoms with van der Waals surface area (Å²) in [5, 5.41) is 4.06. The highest BCUT2D eigenvalue weighted by Gasteiger charge is 2.21. The summed E-state index contributed by atoms with van der Waals surface area (Å²) in [5.74, 6) is -0.171. The topological polar surface area (TPSA) is 61.2 Å². The maximum atomic E-state index is 13.0. The molecule has 0 aliphatic rings. The Morgan fingerprint density at radius 2 is 1.70 bits per heavy atom. The zero-order valence-electron chi connectivity index (χ0n) is 12.2. The summed E-state index contributed by atoms with van der Waals surface area (Å²) in [6, 6.07) is 15.4. The van der Waals surface area contributed by atoms with Crippen molar-refractivity contribution in [3.63, 3.8) is 0 Å². The van der Waals surface area contributed by atoms with Crippen LogP contribution in [0.5, 0.6) is 5.75 Å². The minimum Gasteiger partial charge on any atom is -0.366 e. The van der Waals surface area contributed by atoms with Crippen molar-refractivity contribution < 1.29 is 17.0 Å². The Balaban J connectivity index is 1.95. The van der Waals surface area contributed by atoms with Crippen LogP contribution in [-0.4, -0.2) is 17.6 Å². The van der Waals surface area contributed by atoms with E-state index in [0.29, 0.717) is 17.0 Å². The molecule has 23 heavy (non-hydrogen) atoms. The lowest BCUT2D eigenvalue weighted by Crippen LogP contribution is -2.21. The Morgan fingerprint density at radius 1 is 1.04 bits per heavy atom. The Labute approximate surface area is 133 Å². The van der Waals surface area contributed by atoms with Crippen LogP contribution in [0.1, 0.15) is 5.69 Å². The third kappa shape index (κ3) is 3.24. The standard InChI is InChI=1S/C16H13FN2O3S/c1-12-11-16(13-7-9-14(17)10-8-13)18-19(12)23(20,21)22-15-5-3-2-4-6-15/h2-11H,1H3. The normalized spacial score (nSPS) is 11.4. The van der Waals surface area contributed by atoms with Gasteiger partial charge in [0, 0.05) is 5.56 Å². The molecular weight excluding hydrogens is 319 g/mol. The van der Waals surface area contributed by atoms with E-state index in [9.17, 15) is 12.8 Å². The SMILES string of the molecule is Cc1cc(-c2ccc(F)cc2)nn1S(=O)(=O)Oc1ccccc1. The zero-order valence-corrected chi connectivity index (χ0v) is 13.0. The fraction of sp³-hybridized carbons (Fsp3) is 0.0625. The van der Waals surface area contributed by atoms with Crippen molar-refractivity contribution in [2.45, 2.75) is 6.92 Å². The van der Waals surface area contributed by atoms with E-state index in [0.717, 1.165) is 4.09 Å². The summed E-state index contributed by atoms with van der Waals surface area (Å²) in [6.07, 6.45) is 0. The van der Waals surface area contributed by atoms with E-state index in [1.807, 2.05) is 0 Å². The van der Waals surface area contributed by atoms with Crippen LogP contribution < -0.4 is 4.18 Å². The first-order valence-corrected chi connectivity index (χ1v) is 8.15. The van der Waals surface area contributed by atoms with Crippen LogP contribution in [0, 0.1) is 12.7 Å². The van der Waals surface area contributed by atoms with E-state index in [2.05, 4.69) is 5.10 Å². The fourth-order valence-electron chi connectivity index (χ4n) is 2.08. The lowest BCUT2D eigenvalue weighted by molar-refractivity contribution is 0.468. The average Bonchev–Trinajstić information content (AvgIpc) is 2.91. The molecule has 3 aromatic rings. The van der Waals surface area contributed by atoms with E-state index in [4.69, 9.17) is 4.18 Å². The van der Waals surface area contributed by atoms with Crippen molar-refractivity contribution >= 4 is 10.3 Å². The second-order valence-corrected chi connectivity index (χ2v) is 6.24. The molecular formula is C16H13FN2O3S. The summed E-state index contributed by atoms with van der Waals surface area (Å²) in [7, 11) is -4.11. The van der Waals surface area contributed by atoms with Gasteiger partial charge in [0.25, 0.3) is 0 Å². The van der Waals surface area contributed by atoms with Crippen LogP contribution in [0.2, 0.25) is 0 Å². The monoisotopic (exact) mass is 332 g/mol. The third-order valence-corrected chi connectivity index (χ3v) is 4.34. The van der Waals surface area contributed by atoms with E-state index < -0.39 is 10.3 Å². The van der Waals surface area contributed by atoms with Crippen molar-refractivity contribution in [1.29, 1.82) is 0 Å². The van der Waals surface area contributed by atoms with Crippen LogP contribution in [-0.2, 0) is 10.3 Å². The molecule has 0 bridgehead atoms. The molecule has 0 saturated carbocycles. The molecule has 0 aliphatic heterocycles. The highest BCUT2D eigenvalue weighted by molar-refractivity contribution is 7.85. The highest BCUT2D eigenvalue weighted by atomic mass is 32.2. The maximum absolute atomic E-state index is 13.0. The van der Waals surface area contributed by atoms with Gasteiger partial charge < -0.3 is 4.18 Å². The number of benzene rings is 2. The highest BCUT2D eigenvalue weighted by Crippen LogP contribution is 2.21. The smallest absolute Gasteiger partial charge is 0.366 e. The minimum absolute atomic E-state index is 0.200. The Morgan fingerprint density at radius 3 is 2.35 bits per heavy atom. The molecule has 0 spiro atoms. The van der Waals surface area contributed by atoms with Gasteiger partial charge in [-0.3, -0.25) is 0 Å². The molecule has 0 saturated heterocycles. The zero-order chi connectivity index (χ0) is 16.4. The maximum Gasteiger partial charge on any atom is 0.429 e. The van der Waals surface area contributed by atoms with Gasteiger partial charge in [-0.15, -0.1) is 4.09 Å². The lowest BCUT2D eigenvalue weighted by atomic mass is 10.1. The molecule has 0 fully saturated rings. The van der Waals surface area contributed by atoms with Gasteiger partial charge in [-0.05, 0) is 49.4 Å². The Bertz CT molecular complexity index is 920. The van der Waals surface area contributed by atoms with E-state index in [1.165, 1.54) is 36.4 Å². The second-order valence-electron chi connectivity index (χ2n) is 4.87. The summed E-state index contributed by atoms with van der Waals surface area (Å²) < 4.78 is 43.5. The van der Waals surface area contributed by atoms with E-state index in [1.54, 1.807) is 31.2 Å². The predicted molar refractivity (Wildman–Crippen MR) is 83.7 cm³/mol. The van der Waals surface area contributed by atoms with Crippen LogP contribution in [0.4, 0.5) is 4.39 Å². The first-order valence-electron chi connectivity index (χ1n) is 6.78. The van der Waals surface area contributed by atoms with Crippen molar-refractivity contribution in [2.75, 3.05) is 0 Å². The van der Waals surface area contributed by atoms with Crippen LogP contribution in [0.3, 0.4) is 0 Å². The van der Waals surface area contributed by atoms with Crippen molar-refractivity contribution in [1.82, 2.24) is 9.19 Å². The summed E-state index contributed by atoms with van der Waals surface area (Å²) >= 11 is 0. The predicted octanol–water partition coefficient (Wildman–Crippen LogP) is 3.17. The second kappa shape index (κ2) is 5.85. The van der Waals surface area contributed by atoms with E-state index >= 15 is 0 Å². The summed E-state index contributed by atoms with van der Waals surface area (Å²) in [5.41, 5.74) is 1.42. The first kappa shape index (κ1) is 15.2. The number of hydrogen-bond donors (Lipinski definition) is 0. The molecule has 0 atom stereocenters. The van der Waals surface area contributed by atoms with Crippen molar-refractivity contribution in [3.05, 3.63) is 72.2 Å². The van der Waals surface area contributed by atoms with Gasteiger partial charge >= 0.3 is 10.3 Å². The van der Waals surface area contributed by atoms with Gasteiger partial charge in [-0.2, -0.15) is 13.5 Å². The number of nitrogens with zero attached hydrogens (tertiary/aromatic N) is 2. The largest absolute Gasteiger partial charge is 0.429 e. The third-order valence-electron chi connectivity index (χ3n) is 3.14. The molecule has 2 aromatic carbocycles. The van der Waals surface area contributed by atoms with Gasteiger partial charge in [0.1, 0.15) is 11.6 Å². The quantitative estimate of drug-likeness (QED) is 0.736. The number of aryl methyl sites for hydroxylation is 1. The van der Waals surface area contributed by atoms with Crippen LogP contribution in [0.25, 0.3) is 11.3 Å². The molecule has 1 heterocycles. The molecule has 118 valence electrons. The van der Waals surface area contributed by atoms with Gasteiger partial charge in [-0.1, -0.05) is 18.2 Å². The Hall–Kier alpha value is -2.67. The number of hydrogen-bond acceptors (Lipinski definition) is 4. The molecule has 0 unspecified atom stereocenters. The van der Waals surface area contributed by atoms with Crippen LogP contribution in [0.15, 0.2) is 60.7 Å². The molecule has 0 N–H and O–H groups in total. The number of rotatable bonds is 4. The lowest BCUT2D eigenvalue weighted by Gasteiger charge is -2.07. The first-order chi connectivity index (χ1) is 11.0. The van der Waals surface area contributed by atoms with Gasteiger partial charge in [0.15, 0.2) is 0 Å². The number of halogens is 1. The molecule has 7 heteroatoms. The average molecular weight is 332 g/mol.